The molecule has 1 aromatic rings. The summed E-state index contributed by atoms with van der Waals surface area (Å²) >= 11 is 0. The molecule has 0 amide bonds. The van der Waals surface area contributed by atoms with Crippen LogP contribution in [0.4, 0.5) is 0 Å². The van der Waals surface area contributed by atoms with Gasteiger partial charge in [-0.3, -0.25) is 0 Å². The Kier molecular flexibility index (Phi) is 9.29. The minimum absolute atomic E-state index is 0.726. The van der Waals surface area contributed by atoms with E-state index in [0.717, 1.165) is 52.4 Å². The molecule has 0 spiro atoms. The zero-order valence-corrected chi connectivity index (χ0v) is 13.3. The largest absolute Gasteiger partial charge is 0.375 e. The Bertz CT molecular complexity index is 351. The highest BCUT2D eigenvalue weighted by Gasteiger charge is 2.03. The number of likely N-dealkylation sites (N-methyl/N-ethyl adjacent to an activating group) is 2. The fraction of sp³-hybridized carbons (Fsp3) is 0.647. The van der Waals surface area contributed by atoms with Gasteiger partial charge in [-0.15, -0.1) is 0 Å². The van der Waals surface area contributed by atoms with Crippen molar-refractivity contribution in [1.29, 1.82) is 0 Å². The molecule has 0 radical (unpaired) electrons. The summed E-state index contributed by atoms with van der Waals surface area (Å²) in [5, 5.41) is 3.37. The lowest BCUT2D eigenvalue weighted by atomic mass is 10.1. The smallest absolute Gasteiger partial charge is 0.0720 e. The molecule has 0 aromatic heterocycles. The van der Waals surface area contributed by atoms with Crippen molar-refractivity contribution in [3.8, 4) is 0 Å². The molecular formula is C17H30N2O. The Morgan fingerprint density at radius 1 is 1.05 bits per heavy atom. The number of rotatable bonds is 11. The highest BCUT2D eigenvalue weighted by atomic mass is 16.5. The van der Waals surface area contributed by atoms with E-state index in [1.165, 1.54) is 11.1 Å². The molecule has 3 heteroatoms. The van der Waals surface area contributed by atoms with Crippen molar-refractivity contribution in [3.63, 3.8) is 0 Å². The average molecular weight is 278 g/mol. The zero-order valence-electron chi connectivity index (χ0n) is 13.3. The van der Waals surface area contributed by atoms with Gasteiger partial charge < -0.3 is 15.0 Å². The normalized spacial score (nSPS) is 11.2. The molecule has 114 valence electrons. The standard InChI is InChI=1S/C17H30N2O/c1-4-18-12-11-16-9-7-8-10-17(16)15-20-14-13-19(5-2)6-3/h7-10,18H,4-6,11-15H2,1-3H3. The van der Waals surface area contributed by atoms with E-state index >= 15 is 0 Å². The van der Waals surface area contributed by atoms with Gasteiger partial charge in [0, 0.05) is 6.54 Å². The topological polar surface area (TPSA) is 24.5 Å². The highest BCUT2D eigenvalue weighted by Crippen LogP contribution is 2.10. The summed E-state index contributed by atoms with van der Waals surface area (Å²) in [4.78, 5) is 2.39. The van der Waals surface area contributed by atoms with E-state index in [2.05, 4.69) is 55.3 Å². The van der Waals surface area contributed by atoms with Crippen LogP contribution in [0.1, 0.15) is 31.9 Å². The maximum Gasteiger partial charge on any atom is 0.0720 e. The molecule has 0 fully saturated rings. The number of hydrogen-bond acceptors (Lipinski definition) is 3. The minimum Gasteiger partial charge on any atom is -0.375 e. The Labute approximate surface area is 124 Å². The molecular weight excluding hydrogens is 248 g/mol. The number of ether oxygens (including phenoxy) is 1. The van der Waals surface area contributed by atoms with Crippen molar-refractivity contribution in [2.45, 2.75) is 33.8 Å². The van der Waals surface area contributed by atoms with Gasteiger partial charge in [-0.1, -0.05) is 45.0 Å². The molecule has 0 unspecified atom stereocenters. The molecule has 3 nitrogen and oxygen atoms in total. The van der Waals surface area contributed by atoms with Crippen LogP contribution in [0.15, 0.2) is 24.3 Å². The van der Waals surface area contributed by atoms with Gasteiger partial charge in [0.25, 0.3) is 0 Å². The van der Waals surface area contributed by atoms with Crippen LogP contribution < -0.4 is 5.32 Å². The van der Waals surface area contributed by atoms with Gasteiger partial charge in [-0.25, -0.2) is 0 Å². The second kappa shape index (κ2) is 10.8. The second-order valence-electron chi connectivity index (χ2n) is 4.95. The fourth-order valence-corrected chi connectivity index (χ4v) is 2.26. The van der Waals surface area contributed by atoms with E-state index < -0.39 is 0 Å². The molecule has 0 heterocycles. The lowest BCUT2D eigenvalue weighted by Gasteiger charge is -2.18. The van der Waals surface area contributed by atoms with E-state index in [4.69, 9.17) is 4.74 Å². The first-order valence-electron chi connectivity index (χ1n) is 7.89. The third-order valence-corrected chi connectivity index (χ3v) is 3.64. The predicted octanol–water partition coefficient (Wildman–Crippen LogP) is 2.70. The molecule has 0 saturated heterocycles. The van der Waals surface area contributed by atoms with E-state index in [9.17, 15) is 0 Å². The first kappa shape index (κ1) is 17.2. The molecule has 1 rings (SSSR count). The molecule has 0 atom stereocenters. The summed E-state index contributed by atoms with van der Waals surface area (Å²) < 4.78 is 5.84. The van der Waals surface area contributed by atoms with Crippen LogP contribution >= 0.6 is 0 Å². The van der Waals surface area contributed by atoms with Gasteiger partial charge in [0.15, 0.2) is 0 Å². The monoisotopic (exact) mass is 278 g/mol. The lowest BCUT2D eigenvalue weighted by Crippen LogP contribution is -2.27. The van der Waals surface area contributed by atoms with Gasteiger partial charge in [0.05, 0.1) is 13.2 Å². The van der Waals surface area contributed by atoms with Gasteiger partial charge in [-0.2, -0.15) is 0 Å². The first-order chi connectivity index (χ1) is 9.81. The Morgan fingerprint density at radius 2 is 1.75 bits per heavy atom. The van der Waals surface area contributed by atoms with Crippen LogP contribution in [-0.4, -0.2) is 44.2 Å². The Balaban J connectivity index is 2.35. The zero-order chi connectivity index (χ0) is 14.6. The second-order valence-corrected chi connectivity index (χ2v) is 4.95. The molecule has 0 aliphatic carbocycles. The number of benzene rings is 1. The number of nitrogens with zero attached hydrogens (tertiary/aromatic N) is 1. The average Bonchev–Trinajstić information content (AvgIpc) is 2.49. The van der Waals surface area contributed by atoms with Gasteiger partial charge in [0.1, 0.15) is 0 Å². The van der Waals surface area contributed by atoms with Gasteiger partial charge in [0.2, 0.25) is 0 Å². The van der Waals surface area contributed by atoms with Crippen molar-refractivity contribution in [1.82, 2.24) is 10.2 Å². The van der Waals surface area contributed by atoms with Crippen LogP contribution in [0.3, 0.4) is 0 Å². The maximum atomic E-state index is 5.84. The summed E-state index contributed by atoms with van der Waals surface area (Å²) in [6.07, 6.45) is 1.07. The van der Waals surface area contributed by atoms with E-state index in [0.29, 0.717) is 0 Å². The van der Waals surface area contributed by atoms with Crippen LogP contribution in [0.25, 0.3) is 0 Å². The molecule has 0 saturated carbocycles. The molecule has 0 aliphatic heterocycles. The summed E-state index contributed by atoms with van der Waals surface area (Å²) in [5.74, 6) is 0. The molecule has 0 aliphatic rings. The van der Waals surface area contributed by atoms with Crippen molar-refractivity contribution >= 4 is 0 Å². The van der Waals surface area contributed by atoms with Crippen molar-refractivity contribution in [3.05, 3.63) is 35.4 Å². The lowest BCUT2D eigenvalue weighted by molar-refractivity contribution is 0.0952. The van der Waals surface area contributed by atoms with E-state index in [1.807, 2.05) is 0 Å². The Hall–Kier alpha value is -0.900. The molecule has 1 N–H and O–H groups in total. The summed E-state index contributed by atoms with van der Waals surface area (Å²) in [5.41, 5.74) is 2.72. The van der Waals surface area contributed by atoms with Crippen LogP contribution in [0.2, 0.25) is 0 Å². The van der Waals surface area contributed by atoms with E-state index in [1.54, 1.807) is 0 Å². The van der Waals surface area contributed by atoms with Crippen molar-refractivity contribution < 1.29 is 4.74 Å². The summed E-state index contributed by atoms with van der Waals surface area (Å²) in [6.45, 7) is 13.3. The minimum atomic E-state index is 0.726. The Morgan fingerprint density at radius 3 is 2.40 bits per heavy atom. The maximum absolute atomic E-state index is 5.84. The summed E-state index contributed by atoms with van der Waals surface area (Å²) in [7, 11) is 0. The third kappa shape index (κ3) is 6.51. The van der Waals surface area contributed by atoms with Crippen LogP contribution in [-0.2, 0) is 17.8 Å². The molecule has 20 heavy (non-hydrogen) atoms. The molecule has 0 bridgehead atoms. The van der Waals surface area contributed by atoms with Crippen molar-refractivity contribution in [2.24, 2.45) is 0 Å². The van der Waals surface area contributed by atoms with E-state index in [-0.39, 0.29) is 0 Å². The number of nitrogens with one attached hydrogen (secondary N) is 1. The quantitative estimate of drug-likeness (QED) is 0.630. The third-order valence-electron chi connectivity index (χ3n) is 3.64. The first-order valence-corrected chi connectivity index (χ1v) is 7.89. The fourth-order valence-electron chi connectivity index (χ4n) is 2.26. The number of hydrogen-bond donors (Lipinski definition) is 1. The SMILES string of the molecule is CCNCCc1ccccc1COCCN(CC)CC. The summed E-state index contributed by atoms with van der Waals surface area (Å²) in [6, 6.07) is 8.60. The predicted molar refractivity (Wildman–Crippen MR) is 86.1 cm³/mol. The van der Waals surface area contributed by atoms with Crippen molar-refractivity contribution in [2.75, 3.05) is 39.3 Å². The highest BCUT2D eigenvalue weighted by molar-refractivity contribution is 5.26. The van der Waals surface area contributed by atoms with Crippen LogP contribution in [0, 0.1) is 0 Å². The molecule has 1 aromatic carbocycles. The van der Waals surface area contributed by atoms with Gasteiger partial charge in [-0.05, 0) is 43.7 Å². The van der Waals surface area contributed by atoms with Crippen LogP contribution in [0.5, 0.6) is 0 Å². The van der Waals surface area contributed by atoms with Gasteiger partial charge >= 0.3 is 0 Å².